The maximum Gasteiger partial charge on any atom is 0.321 e. The zero-order valence-corrected chi connectivity index (χ0v) is 10.3. The summed E-state index contributed by atoms with van der Waals surface area (Å²) in [5, 5.41) is 13.8. The van der Waals surface area contributed by atoms with Gasteiger partial charge in [0.25, 0.3) is 0 Å². The van der Waals surface area contributed by atoms with Crippen molar-refractivity contribution in [1.29, 1.82) is 0 Å². The van der Waals surface area contributed by atoms with E-state index in [1.807, 2.05) is 13.8 Å². The third-order valence-corrected chi connectivity index (χ3v) is 2.31. The van der Waals surface area contributed by atoms with Crippen molar-refractivity contribution in [3.63, 3.8) is 0 Å². The van der Waals surface area contributed by atoms with Gasteiger partial charge in [0.1, 0.15) is 0 Å². The van der Waals surface area contributed by atoms with Crippen LogP contribution in [0.5, 0.6) is 0 Å². The topological polar surface area (TPSA) is 104 Å². The van der Waals surface area contributed by atoms with Crippen molar-refractivity contribution >= 4 is 17.9 Å². The van der Waals surface area contributed by atoms with Gasteiger partial charge in [0.15, 0.2) is 0 Å². The van der Waals surface area contributed by atoms with Gasteiger partial charge in [-0.1, -0.05) is 13.8 Å². The first-order valence-corrected chi connectivity index (χ1v) is 5.55. The molecule has 1 atom stereocenters. The standard InChI is InChI=1S/C11H16N4O3/c1-7(2)8(6-9(16)17)14-11(18)15-10-12-4-3-5-13-10/h3-5,7-8H,6H2,1-2H3,(H,16,17)(H2,12,13,14,15,18). The van der Waals surface area contributed by atoms with Crippen molar-refractivity contribution in [2.24, 2.45) is 5.92 Å². The smallest absolute Gasteiger partial charge is 0.321 e. The summed E-state index contributed by atoms with van der Waals surface area (Å²) in [6.45, 7) is 3.68. The first kappa shape index (κ1) is 13.9. The van der Waals surface area contributed by atoms with Gasteiger partial charge in [0.05, 0.1) is 6.42 Å². The molecule has 98 valence electrons. The van der Waals surface area contributed by atoms with Crippen LogP contribution >= 0.6 is 0 Å². The van der Waals surface area contributed by atoms with Gasteiger partial charge < -0.3 is 10.4 Å². The van der Waals surface area contributed by atoms with Gasteiger partial charge in [-0.3, -0.25) is 10.1 Å². The van der Waals surface area contributed by atoms with Crippen LogP contribution < -0.4 is 10.6 Å². The molecule has 7 nitrogen and oxygen atoms in total. The van der Waals surface area contributed by atoms with Crippen LogP contribution in [-0.4, -0.2) is 33.1 Å². The van der Waals surface area contributed by atoms with Crippen LogP contribution in [0.3, 0.4) is 0 Å². The van der Waals surface area contributed by atoms with Crippen LogP contribution in [0.15, 0.2) is 18.5 Å². The molecule has 1 unspecified atom stereocenters. The van der Waals surface area contributed by atoms with Crippen molar-refractivity contribution in [3.05, 3.63) is 18.5 Å². The fraction of sp³-hybridized carbons (Fsp3) is 0.455. The largest absolute Gasteiger partial charge is 0.481 e. The minimum atomic E-state index is -0.954. The molecule has 0 bridgehead atoms. The van der Waals surface area contributed by atoms with Gasteiger partial charge in [0, 0.05) is 18.4 Å². The zero-order chi connectivity index (χ0) is 13.5. The second-order valence-corrected chi connectivity index (χ2v) is 4.12. The summed E-state index contributed by atoms with van der Waals surface area (Å²) in [7, 11) is 0. The maximum atomic E-state index is 11.6. The summed E-state index contributed by atoms with van der Waals surface area (Å²) in [4.78, 5) is 29.9. The van der Waals surface area contributed by atoms with E-state index in [9.17, 15) is 9.59 Å². The molecule has 0 aliphatic carbocycles. The minimum absolute atomic E-state index is 0.0172. The van der Waals surface area contributed by atoms with E-state index < -0.39 is 18.0 Å². The van der Waals surface area contributed by atoms with Gasteiger partial charge in [-0.15, -0.1) is 0 Å². The molecule has 7 heteroatoms. The number of nitrogens with one attached hydrogen (secondary N) is 2. The second-order valence-electron chi connectivity index (χ2n) is 4.12. The van der Waals surface area contributed by atoms with Crippen molar-refractivity contribution < 1.29 is 14.7 Å². The van der Waals surface area contributed by atoms with Gasteiger partial charge in [-0.2, -0.15) is 0 Å². The number of anilines is 1. The Morgan fingerprint density at radius 2 is 1.94 bits per heavy atom. The number of rotatable bonds is 5. The fourth-order valence-electron chi connectivity index (χ4n) is 1.31. The molecule has 1 rings (SSSR count). The number of hydrogen-bond donors (Lipinski definition) is 3. The quantitative estimate of drug-likeness (QED) is 0.727. The molecule has 0 aliphatic heterocycles. The fourth-order valence-corrected chi connectivity index (χ4v) is 1.31. The van der Waals surface area contributed by atoms with Crippen LogP contribution in [0, 0.1) is 5.92 Å². The van der Waals surface area contributed by atoms with Gasteiger partial charge >= 0.3 is 12.0 Å². The third kappa shape index (κ3) is 4.77. The number of amides is 2. The van der Waals surface area contributed by atoms with Crippen LogP contribution in [0.4, 0.5) is 10.7 Å². The van der Waals surface area contributed by atoms with Crippen molar-refractivity contribution in [1.82, 2.24) is 15.3 Å². The van der Waals surface area contributed by atoms with E-state index in [1.165, 1.54) is 12.4 Å². The van der Waals surface area contributed by atoms with Gasteiger partial charge in [-0.25, -0.2) is 14.8 Å². The number of carbonyl (C=O) groups is 2. The molecule has 0 aliphatic rings. The highest BCUT2D eigenvalue weighted by Crippen LogP contribution is 2.06. The van der Waals surface area contributed by atoms with Gasteiger partial charge in [0.2, 0.25) is 5.95 Å². The van der Waals surface area contributed by atoms with E-state index in [4.69, 9.17) is 5.11 Å². The molecule has 3 N–H and O–H groups in total. The molecule has 0 fully saturated rings. The van der Waals surface area contributed by atoms with E-state index in [-0.39, 0.29) is 18.3 Å². The molecule has 18 heavy (non-hydrogen) atoms. The van der Waals surface area contributed by atoms with E-state index in [0.717, 1.165) is 0 Å². The lowest BCUT2D eigenvalue weighted by Gasteiger charge is -2.20. The lowest BCUT2D eigenvalue weighted by atomic mass is 10.0. The SMILES string of the molecule is CC(C)C(CC(=O)O)NC(=O)Nc1ncccn1. The van der Waals surface area contributed by atoms with Crippen LogP contribution in [0.25, 0.3) is 0 Å². The molecule has 1 heterocycles. The molecular weight excluding hydrogens is 236 g/mol. The molecule has 2 amide bonds. The molecule has 0 aromatic carbocycles. The summed E-state index contributed by atoms with van der Waals surface area (Å²) in [5.41, 5.74) is 0. The summed E-state index contributed by atoms with van der Waals surface area (Å²) in [6, 6.07) is 0.678. The Morgan fingerprint density at radius 1 is 1.33 bits per heavy atom. The summed E-state index contributed by atoms with van der Waals surface area (Å²) < 4.78 is 0. The summed E-state index contributed by atoms with van der Waals surface area (Å²) in [5.74, 6) is -0.763. The van der Waals surface area contributed by atoms with Crippen LogP contribution in [-0.2, 0) is 4.79 Å². The number of nitrogens with zero attached hydrogens (tertiary/aromatic N) is 2. The normalized spacial score (nSPS) is 11.9. The molecule has 0 saturated carbocycles. The summed E-state index contributed by atoms with van der Waals surface area (Å²) in [6.07, 6.45) is 2.88. The van der Waals surface area contributed by atoms with Crippen molar-refractivity contribution in [2.45, 2.75) is 26.3 Å². The summed E-state index contributed by atoms with van der Waals surface area (Å²) >= 11 is 0. The number of carbonyl (C=O) groups excluding carboxylic acids is 1. The van der Waals surface area contributed by atoms with Crippen LogP contribution in [0.1, 0.15) is 20.3 Å². The van der Waals surface area contributed by atoms with E-state index in [2.05, 4.69) is 20.6 Å². The highest BCUT2D eigenvalue weighted by molar-refractivity contribution is 5.87. The molecular formula is C11H16N4O3. The second kappa shape index (κ2) is 6.53. The minimum Gasteiger partial charge on any atom is -0.481 e. The lowest BCUT2D eigenvalue weighted by Crippen LogP contribution is -2.42. The first-order valence-electron chi connectivity index (χ1n) is 5.55. The van der Waals surface area contributed by atoms with Crippen molar-refractivity contribution in [2.75, 3.05) is 5.32 Å². The Labute approximate surface area is 105 Å². The van der Waals surface area contributed by atoms with Crippen LogP contribution in [0.2, 0.25) is 0 Å². The average molecular weight is 252 g/mol. The predicted octanol–water partition coefficient (Wildman–Crippen LogP) is 1.10. The Bertz CT molecular complexity index is 408. The number of carboxylic acids is 1. The molecule has 0 spiro atoms. The predicted molar refractivity (Wildman–Crippen MR) is 65.1 cm³/mol. The number of carboxylic acid groups (broad SMARTS) is 1. The van der Waals surface area contributed by atoms with E-state index in [1.54, 1.807) is 6.07 Å². The first-order chi connectivity index (χ1) is 8.49. The van der Waals surface area contributed by atoms with E-state index >= 15 is 0 Å². The Hall–Kier alpha value is -2.18. The van der Waals surface area contributed by atoms with Gasteiger partial charge in [-0.05, 0) is 12.0 Å². The Kier molecular flexibility index (Phi) is 5.04. The number of hydrogen-bond acceptors (Lipinski definition) is 4. The van der Waals surface area contributed by atoms with Crippen molar-refractivity contribution in [3.8, 4) is 0 Å². The number of aliphatic carboxylic acids is 1. The molecule has 0 saturated heterocycles. The monoisotopic (exact) mass is 252 g/mol. The van der Waals surface area contributed by atoms with E-state index in [0.29, 0.717) is 0 Å². The highest BCUT2D eigenvalue weighted by atomic mass is 16.4. The number of aromatic nitrogens is 2. The lowest BCUT2D eigenvalue weighted by molar-refractivity contribution is -0.137. The molecule has 1 aromatic heterocycles. The number of urea groups is 1. The maximum absolute atomic E-state index is 11.6. The Balaban J connectivity index is 2.54. The molecule has 1 aromatic rings. The third-order valence-electron chi connectivity index (χ3n) is 2.31. The highest BCUT2D eigenvalue weighted by Gasteiger charge is 2.19. The zero-order valence-electron chi connectivity index (χ0n) is 10.3. The Morgan fingerprint density at radius 3 is 2.44 bits per heavy atom. The average Bonchev–Trinajstić information content (AvgIpc) is 2.28. The molecule has 0 radical (unpaired) electrons.